The molecule has 17 heavy (non-hydrogen) atoms. The van der Waals surface area contributed by atoms with E-state index in [1.54, 1.807) is 24.0 Å². The normalized spacial score (nSPS) is 11.4. The molecule has 0 amide bonds. The van der Waals surface area contributed by atoms with E-state index in [1.807, 2.05) is 13.0 Å². The van der Waals surface area contributed by atoms with Gasteiger partial charge in [0.05, 0.1) is 29.3 Å². The van der Waals surface area contributed by atoms with Gasteiger partial charge in [-0.3, -0.25) is 0 Å². The molecule has 0 radical (unpaired) electrons. The minimum atomic E-state index is -0.420. The van der Waals surface area contributed by atoms with Crippen LogP contribution in [0.3, 0.4) is 0 Å². The Morgan fingerprint density at radius 2 is 2.12 bits per heavy atom. The van der Waals surface area contributed by atoms with Gasteiger partial charge in [0, 0.05) is 13.1 Å². The first-order chi connectivity index (χ1) is 8.12. The molecule has 0 aliphatic rings. The van der Waals surface area contributed by atoms with Crippen molar-refractivity contribution in [2.45, 2.75) is 13.8 Å². The highest BCUT2D eigenvalue weighted by Crippen LogP contribution is 2.21. The standard InChI is InChI=1S/C13H14FN3/c1-3-17(9-10(2)7-15)13-5-4-11(8-16)6-12(13)14/h4-6,10H,3,9H2,1-2H3. The first-order valence-corrected chi connectivity index (χ1v) is 5.46. The molecule has 0 aliphatic heterocycles. The number of nitrogens with zero attached hydrogens (tertiary/aromatic N) is 3. The Kier molecular flexibility index (Phi) is 4.48. The van der Waals surface area contributed by atoms with E-state index < -0.39 is 5.82 Å². The summed E-state index contributed by atoms with van der Waals surface area (Å²) in [7, 11) is 0. The molecular weight excluding hydrogens is 217 g/mol. The van der Waals surface area contributed by atoms with E-state index in [4.69, 9.17) is 10.5 Å². The maximum absolute atomic E-state index is 13.8. The van der Waals surface area contributed by atoms with E-state index in [0.29, 0.717) is 24.3 Å². The Labute approximate surface area is 101 Å². The van der Waals surface area contributed by atoms with Crippen LogP contribution in [-0.4, -0.2) is 13.1 Å². The summed E-state index contributed by atoms with van der Waals surface area (Å²) >= 11 is 0. The van der Waals surface area contributed by atoms with Crippen LogP contribution < -0.4 is 4.90 Å². The third-order valence-corrected chi connectivity index (χ3v) is 2.51. The molecule has 0 saturated carbocycles. The molecule has 0 spiro atoms. The maximum Gasteiger partial charge on any atom is 0.147 e. The maximum atomic E-state index is 13.8. The van der Waals surface area contributed by atoms with Crippen LogP contribution >= 0.6 is 0 Å². The molecule has 0 fully saturated rings. The van der Waals surface area contributed by atoms with E-state index in [-0.39, 0.29) is 5.92 Å². The van der Waals surface area contributed by atoms with Crippen molar-refractivity contribution in [1.82, 2.24) is 0 Å². The van der Waals surface area contributed by atoms with Gasteiger partial charge in [-0.1, -0.05) is 0 Å². The molecular formula is C13H14FN3. The van der Waals surface area contributed by atoms with Gasteiger partial charge in [-0.2, -0.15) is 10.5 Å². The lowest BCUT2D eigenvalue weighted by atomic mass is 10.1. The zero-order valence-corrected chi connectivity index (χ0v) is 9.94. The van der Waals surface area contributed by atoms with E-state index >= 15 is 0 Å². The van der Waals surface area contributed by atoms with E-state index in [1.165, 1.54) is 6.07 Å². The van der Waals surface area contributed by atoms with Crippen LogP contribution in [0.2, 0.25) is 0 Å². The van der Waals surface area contributed by atoms with Gasteiger partial charge in [-0.15, -0.1) is 0 Å². The first-order valence-electron chi connectivity index (χ1n) is 5.46. The van der Waals surface area contributed by atoms with Gasteiger partial charge in [-0.05, 0) is 32.0 Å². The van der Waals surface area contributed by atoms with Crippen molar-refractivity contribution >= 4 is 5.69 Å². The SMILES string of the molecule is CCN(CC(C)C#N)c1ccc(C#N)cc1F. The monoisotopic (exact) mass is 231 g/mol. The summed E-state index contributed by atoms with van der Waals surface area (Å²) in [6, 6.07) is 8.40. The number of hydrogen-bond donors (Lipinski definition) is 0. The topological polar surface area (TPSA) is 50.8 Å². The van der Waals surface area contributed by atoms with Gasteiger partial charge in [0.25, 0.3) is 0 Å². The van der Waals surface area contributed by atoms with Crippen molar-refractivity contribution in [1.29, 1.82) is 10.5 Å². The third-order valence-electron chi connectivity index (χ3n) is 2.51. The summed E-state index contributed by atoms with van der Waals surface area (Å²) in [4.78, 5) is 1.80. The van der Waals surface area contributed by atoms with Crippen molar-refractivity contribution in [3.05, 3.63) is 29.6 Å². The van der Waals surface area contributed by atoms with Gasteiger partial charge in [0.2, 0.25) is 0 Å². The fraction of sp³-hybridized carbons (Fsp3) is 0.385. The molecule has 0 N–H and O–H groups in total. The molecule has 0 aromatic heterocycles. The Bertz CT molecular complexity index is 471. The molecule has 1 atom stereocenters. The molecule has 0 heterocycles. The minimum Gasteiger partial charge on any atom is -0.368 e. The van der Waals surface area contributed by atoms with Crippen LogP contribution in [-0.2, 0) is 0 Å². The van der Waals surface area contributed by atoms with Gasteiger partial charge in [0.1, 0.15) is 5.82 Å². The lowest BCUT2D eigenvalue weighted by Gasteiger charge is -2.24. The number of halogens is 1. The molecule has 0 aliphatic carbocycles. The second kappa shape index (κ2) is 5.86. The lowest BCUT2D eigenvalue weighted by Crippen LogP contribution is -2.28. The quantitative estimate of drug-likeness (QED) is 0.800. The predicted octanol–water partition coefficient (Wildman–Crippen LogP) is 2.68. The van der Waals surface area contributed by atoms with Gasteiger partial charge >= 0.3 is 0 Å². The molecule has 0 saturated heterocycles. The average molecular weight is 231 g/mol. The first kappa shape index (κ1) is 13.0. The molecule has 1 aromatic carbocycles. The number of hydrogen-bond acceptors (Lipinski definition) is 3. The number of anilines is 1. The highest BCUT2D eigenvalue weighted by molar-refractivity contribution is 5.51. The van der Waals surface area contributed by atoms with Crippen molar-refractivity contribution < 1.29 is 4.39 Å². The second-order valence-electron chi connectivity index (χ2n) is 3.85. The minimum absolute atomic E-state index is 0.162. The largest absolute Gasteiger partial charge is 0.368 e. The molecule has 4 heteroatoms. The summed E-state index contributed by atoms with van der Waals surface area (Å²) in [6.45, 7) is 4.80. The van der Waals surface area contributed by atoms with Crippen LogP contribution in [0.25, 0.3) is 0 Å². The Balaban J connectivity index is 2.98. The summed E-state index contributed by atoms with van der Waals surface area (Å²) in [5.74, 6) is -0.582. The summed E-state index contributed by atoms with van der Waals surface area (Å²) < 4.78 is 13.8. The van der Waals surface area contributed by atoms with Crippen molar-refractivity contribution in [2.24, 2.45) is 5.92 Å². The van der Waals surface area contributed by atoms with Crippen LogP contribution in [0.4, 0.5) is 10.1 Å². The summed E-state index contributed by atoms with van der Waals surface area (Å²) in [6.07, 6.45) is 0. The van der Waals surface area contributed by atoms with Gasteiger partial charge in [0.15, 0.2) is 0 Å². The van der Waals surface area contributed by atoms with Gasteiger partial charge < -0.3 is 4.90 Å². The Morgan fingerprint density at radius 1 is 1.41 bits per heavy atom. The zero-order valence-electron chi connectivity index (χ0n) is 9.94. The van der Waals surface area contributed by atoms with Crippen LogP contribution in [0.15, 0.2) is 18.2 Å². The molecule has 1 unspecified atom stereocenters. The lowest BCUT2D eigenvalue weighted by molar-refractivity contribution is 0.606. The number of nitriles is 2. The van der Waals surface area contributed by atoms with Crippen LogP contribution in [0.5, 0.6) is 0 Å². The van der Waals surface area contributed by atoms with Crippen molar-refractivity contribution in [3.8, 4) is 12.1 Å². The molecule has 1 aromatic rings. The predicted molar refractivity (Wildman–Crippen MR) is 63.8 cm³/mol. The third kappa shape index (κ3) is 3.19. The van der Waals surface area contributed by atoms with E-state index in [0.717, 1.165) is 0 Å². The average Bonchev–Trinajstić information content (AvgIpc) is 2.35. The summed E-state index contributed by atoms with van der Waals surface area (Å²) in [5.41, 5.74) is 0.740. The molecule has 1 rings (SSSR count). The second-order valence-corrected chi connectivity index (χ2v) is 3.85. The van der Waals surface area contributed by atoms with E-state index in [2.05, 4.69) is 6.07 Å². The van der Waals surface area contributed by atoms with Crippen molar-refractivity contribution in [3.63, 3.8) is 0 Å². The molecule has 3 nitrogen and oxygen atoms in total. The fourth-order valence-electron chi connectivity index (χ4n) is 1.60. The molecule has 0 bridgehead atoms. The Morgan fingerprint density at radius 3 is 2.59 bits per heavy atom. The highest BCUT2D eigenvalue weighted by Gasteiger charge is 2.13. The van der Waals surface area contributed by atoms with Crippen LogP contribution in [0.1, 0.15) is 19.4 Å². The summed E-state index contributed by atoms with van der Waals surface area (Å²) in [5, 5.41) is 17.4. The fourth-order valence-corrected chi connectivity index (χ4v) is 1.60. The van der Waals surface area contributed by atoms with Crippen LogP contribution in [0, 0.1) is 34.4 Å². The highest BCUT2D eigenvalue weighted by atomic mass is 19.1. The molecule has 88 valence electrons. The van der Waals surface area contributed by atoms with Gasteiger partial charge in [-0.25, -0.2) is 4.39 Å². The van der Waals surface area contributed by atoms with E-state index in [9.17, 15) is 4.39 Å². The Hall–Kier alpha value is -2.07. The van der Waals surface area contributed by atoms with Crippen molar-refractivity contribution in [2.75, 3.05) is 18.0 Å². The number of benzene rings is 1. The smallest absolute Gasteiger partial charge is 0.147 e. The zero-order chi connectivity index (χ0) is 12.8. The number of rotatable bonds is 4.